The van der Waals surface area contributed by atoms with Gasteiger partial charge < -0.3 is 19.7 Å². The van der Waals surface area contributed by atoms with Gasteiger partial charge >= 0.3 is 0 Å². The molecule has 0 bridgehead atoms. The van der Waals surface area contributed by atoms with Crippen molar-refractivity contribution in [2.75, 3.05) is 36.5 Å². The summed E-state index contributed by atoms with van der Waals surface area (Å²) >= 11 is 0. The Morgan fingerprint density at radius 2 is 1.77 bits per heavy atom. The zero-order valence-corrected chi connectivity index (χ0v) is 14.8. The molecule has 136 valence electrons. The highest BCUT2D eigenvalue weighted by Crippen LogP contribution is 2.32. The van der Waals surface area contributed by atoms with Crippen LogP contribution in [0, 0.1) is 6.92 Å². The Kier molecular flexibility index (Phi) is 4.57. The second-order valence-electron chi connectivity index (χ2n) is 6.67. The summed E-state index contributed by atoms with van der Waals surface area (Å²) in [6.07, 6.45) is 4.79. The number of nitrogens with one attached hydrogen (secondary N) is 1. The zero-order valence-electron chi connectivity index (χ0n) is 14.8. The number of carbonyl (C=O) groups excluding carboxylic acids is 1. The molecule has 2 aromatic rings. The van der Waals surface area contributed by atoms with E-state index in [1.54, 1.807) is 6.20 Å². The van der Waals surface area contributed by atoms with Gasteiger partial charge in [-0.15, -0.1) is 0 Å². The fourth-order valence-electron chi connectivity index (χ4n) is 3.30. The SMILES string of the molecule is Cc1ccc(NC(=O)c2cnc(N3CCC4(CC3)OCCO4)cn2)cc1. The van der Waals surface area contributed by atoms with Gasteiger partial charge in [0.15, 0.2) is 5.79 Å². The molecular weight excluding hydrogens is 332 g/mol. The van der Waals surface area contributed by atoms with Gasteiger partial charge in [0.2, 0.25) is 0 Å². The van der Waals surface area contributed by atoms with Crippen molar-refractivity contribution < 1.29 is 14.3 Å². The van der Waals surface area contributed by atoms with E-state index in [0.717, 1.165) is 43.0 Å². The number of ether oxygens (including phenoxy) is 2. The van der Waals surface area contributed by atoms with Gasteiger partial charge in [0.05, 0.1) is 25.6 Å². The highest BCUT2D eigenvalue weighted by Gasteiger charge is 2.40. The molecule has 2 fully saturated rings. The van der Waals surface area contributed by atoms with E-state index in [1.807, 2.05) is 31.2 Å². The second kappa shape index (κ2) is 7.01. The van der Waals surface area contributed by atoms with E-state index in [1.165, 1.54) is 6.20 Å². The number of amides is 1. The van der Waals surface area contributed by atoms with Crippen LogP contribution in [-0.2, 0) is 9.47 Å². The maximum absolute atomic E-state index is 12.3. The van der Waals surface area contributed by atoms with E-state index in [-0.39, 0.29) is 5.91 Å². The van der Waals surface area contributed by atoms with E-state index in [4.69, 9.17) is 9.47 Å². The minimum atomic E-state index is -0.405. The Morgan fingerprint density at radius 3 is 2.38 bits per heavy atom. The van der Waals surface area contributed by atoms with Crippen LogP contribution in [0.1, 0.15) is 28.9 Å². The molecule has 3 heterocycles. The van der Waals surface area contributed by atoms with Crippen LogP contribution >= 0.6 is 0 Å². The number of benzene rings is 1. The molecule has 4 rings (SSSR count). The average molecular weight is 354 g/mol. The molecule has 0 unspecified atom stereocenters. The molecule has 0 aliphatic carbocycles. The Balaban J connectivity index is 1.37. The first-order chi connectivity index (χ1) is 12.6. The van der Waals surface area contributed by atoms with Gasteiger partial charge in [0, 0.05) is 31.6 Å². The normalized spacial score (nSPS) is 18.9. The Morgan fingerprint density at radius 1 is 1.08 bits per heavy atom. The summed E-state index contributed by atoms with van der Waals surface area (Å²) < 4.78 is 11.5. The molecule has 0 atom stereocenters. The van der Waals surface area contributed by atoms with Gasteiger partial charge in [-0.1, -0.05) is 17.7 Å². The molecule has 1 aromatic carbocycles. The highest BCUT2D eigenvalue weighted by atomic mass is 16.7. The number of hydrogen-bond donors (Lipinski definition) is 1. The fourth-order valence-corrected chi connectivity index (χ4v) is 3.30. The van der Waals surface area contributed by atoms with Crippen LogP contribution in [0.2, 0.25) is 0 Å². The molecule has 7 heteroatoms. The monoisotopic (exact) mass is 354 g/mol. The Bertz CT molecular complexity index is 760. The predicted octanol–water partition coefficient (Wildman–Crippen LogP) is 2.38. The molecule has 7 nitrogen and oxygen atoms in total. The lowest BCUT2D eigenvalue weighted by molar-refractivity contribution is -0.169. The quantitative estimate of drug-likeness (QED) is 0.912. The van der Waals surface area contributed by atoms with Crippen LogP contribution in [0.4, 0.5) is 11.5 Å². The molecule has 1 N–H and O–H groups in total. The first-order valence-electron chi connectivity index (χ1n) is 8.87. The summed E-state index contributed by atoms with van der Waals surface area (Å²) in [5.74, 6) is 0.0978. The molecule has 1 spiro atoms. The Hall–Kier alpha value is -2.51. The molecule has 2 aliphatic rings. The van der Waals surface area contributed by atoms with Gasteiger partial charge in [-0.2, -0.15) is 0 Å². The lowest BCUT2D eigenvalue weighted by Gasteiger charge is -2.37. The number of hydrogen-bond acceptors (Lipinski definition) is 6. The van der Waals surface area contributed by atoms with Crippen LogP contribution in [0.3, 0.4) is 0 Å². The van der Waals surface area contributed by atoms with Crippen molar-refractivity contribution in [3.63, 3.8) is 0 Å². The lowest BCUT2D eigenvalue weighted by atomic mass is 10.0. The maximum Gasteiger partial charge on any atom is 0.275 e. The Labute approximate surface area is 152 Å². The lowest BCUT2D eigenvalue weighted by Crippen LogP contribution is -2.45. The van der Waals surface area contributed by atoms with E-state index in [2.05, 4.69) is 20.2 Å². The largest absolute Gasteiger partial charge is 0.355 e. The van der Waals surface area contributed by atoms with Crippen molar-refractivity contribution >= 4 is 17.4 Å². The van der Waals surface area contributed by atoms with E-state index < -0.39 is 5.79 Å². The minimum absolute atomic E-state index is 0.266. The van der Waals surface area contributed by atoms with E-state index in [0.29, 0.717) is 18.9 Å². The van der Waals surface area contributed by atoms with Crippen molar-refractivity contribution in [1.82, 2.24) is 9.97 Å². The number of nitrogens with zero attached hydrogens (tertiary/aromatic N) is 3. The third kappa shape index (κ3) is 3.54. The summed E-state index contributed by atoms with van der Waals surface area (Å²) in [6.45, 7) is 4.94. The summed E-state index contributed by atoms with van der Waals surface area (Å²) in [6, 6.07) is 7.63. The van der Waals surface area contributed by atoms with E-state index in [9.17, 15) is 4.79 Å². The van der Waals surface area contributed by atoms with Crippen LogP contribution in [0.25, 0.3) is 0 Å². The second-order valence-corrected chi connectivity index (χ2v) is 6.67. The molecular formula is C19H22N4O3. The van der Waals surface area contributed by atoms with Gasteiger partial charge in [0.1, 0.15) is 11.5 Å². The number of anilines is 2. The molecule has 2 aliphatic heterocycles. The average Bonchev–Trinajstić information content (AvgIpc) is 3.12. The summed E-state index contributed by atoms with van der Waals surface area (Å²) in [5, 5.41) is 2.83. The van der Waals surface area contributed by atoms with E-state index >= 15 is 0 Å². The first kappa shape index (κ1) is 16.9. The highest BCUT2D eigenvalue weighted by molar-refractivity contribution is 6.02. The fraction of sp³-hybridized carbons (Fsp3) is 0.421. The minimum Gasteiger partial charge on any atom is -0.355 e. The number of aryl methyl sites for hydroxylation is 1. The predicted molar refractivity (Wildman–Crippen MR) is 97.2 cm³/mol. The van der Waals surface area contributed by atoms with Crippen molar-refractivity contribution in [2.45, 2.75) is 25.6 Å². The summed E-state index contributed by atoms with van der Waals surface area (Å²) in [5.41, 5.74) is 2.18. The number of aromatic nitrogens is 2. The zero-order chi connectivity index (χ0) is 18.0. The van der Waals surface area contributed by atoms with Crippen LogP contribution < -0.4 is 10.2 Å². The summed E-state index contributed by atoms with van der Waals surface area (Å²) in [4.78, 5) is 23.1. The topological polar surface area (TPSA) is 76.6 Å². The third-order valence-electron chi connectivity index (χ3n) is 4.84. The smallest absolute Gasteiger partial charge is 0.275 e. The van der Waals surface area contributed by atoms with Crippen LogP contribution in [-0.4, -0.2) is 48.0 Å². The van der Waals surface area contributed by atoms with Gasteiger partial charge in [-0.05, 0) is 19.1 Å². The molecule has 0 saturated carbocycles. The number of rotatable bonds is 3. The number of piperidine rings is 1. The standard InChI is InChI=1S/C19H22N4O3/c1-14-2-4-15(5-3-14)22-18(24)16-12-21-17(13-20-16)23-8-6-19(7-9-23)25-10-11-26-19/h2-5,12-13H,6-11H2,1H3,(H,22,24). The molecule has 1 amide bonds. The van der Waals surface area contributed by atoms with Gasteiger partial charge in [-0.3, -0.25) is 4.79 Å². The van der Waals surface area contributed by atoms with Gasteiger partial charge in [0.25, 0.3) is 5.91 Å². The van der Waals surface area contributed by atoms with Gasteiger partial charge in [-0.25, -0.2) is 9.97 Å². The molecule has 0 radical (unpaired) electrons. The van der Waals surface area contributed by atoms with Crippen molar-refractivity contribution in [3.05, 3.63) is 47.9 Å². The number of carbonyl (C=O) groups is 1. The van der Waals surface area contributed by atoms with Crippen LogP contribution in [0.5, 0.6) is 0 Å². The molecule has 26 heavy (non-hydrogen) atoms. The molecule has 2 saturated heterocycles. The van der Waals surface area contributed by atoms with Crippen molar-refractivity contribution in [2.24, 2.45) is 0 Å². The van der Waals surface area contributed by atoms with Crippen LogP contribution in [0.15, 0.2) is 36.7 Å². The summed E-state index contributed by atoms with van der Waals surface area (Å²) in [7, 11) is 0. The van der Waals surface area contributed by atoms with Crippen molar-refractivity contribution in [1.29, 1.82) is 0 Å². The maximum atomic E-state index is 12.3. The van der Waals surface area contributed by atoms with Crippen molar-refractivity contribution in [3.8, 4) is 0 Å². The third-order valence-corrected chi connectivity index (χ3v) is 4.84. The molecule has 1 aromatic heterocycles. The first-order valence-corrected chi connectivity index (χ1v) is 8.87.